The van der Waals surface area contributed by atoms with Gasteiger partial charge in [0.25, 0.3) is 0 Å². The Balaban J connectivity index is 2.37. The van der Waals surface area contributed by atoms with Gasteiger partial charge in [0, 0.05) is 11.5 Å². The van der Waals surface area contributed by atoms with Crippen LogP contribution < -0.4 is 21.3 Å². The summed E-state index contributed by atoms with van der Waals surface area (Å²) in [6.07, 6.45) is 0.653. The molecule has 212 valence electrons. The molecule has 0 aliphatic carbocycles. The van der Waals surface area contributed by atoms with Gasteiger partial charge >= 0.3 is 0 Å². The Morgan fingerprint density at radius 1 is 0.921 bits per heavy atom. The molecule has 9 nitrogen and oxygen atoms in total. The average Bonchev–Trinajstić information content (AvgIpc) is 2.88. The summed E-state index contributed by atoms with van der Waals surface area (Å²) in [4.78, 5) is 52.7. The molecule has 0 saturated carbocycles. The smallest absolute Gasteiger partial charge is 0.238 e. The second-order valence-electron chi connectivity index (χ2n) is 9.58. The molecular weight excluding hydrogens is 565 g/mol. The highest BCUT2D eigenvalue weighted by atomic mass is 33.1. The number of amides is 2. The zero-order valence-corrected chi connectivity index (χ0v) is 25.2. The van der Waals surface area contributed by atoms with Crippen LogP contribution in [0.3, 0.4) is 0 Å². The number of nitrogens with one attached hydrogen (secondary N) is 4. The minimum absolute atomic E-state index is 0.100. The SMILES string of the molecule is CC(C)C[C@@H]1NC(C)C(=O)[C@H](Cc2ccc(O)cc2)NC(=O)[C@H](CS)NCSSCC(=O)[C@H](CS)NC1=O. The van der Waals surface area contributed by atoms with Crippen LogP contribution in [-0.4, -0.2) is 81.8 Å². The van der Waals surface area contributed by atoms with E-state index in [1.54, 1.807) is 19.1 Å². The monoisotopic (exact) mass is 602 g/mol. The first kappa shape index (κ1) is 32.8. The summed E-state index contributed by atoms with van der Waals surface area (Å²) >= 11 is 8.56. The Bertz CT molecular complexity index is 950. The van der Waals surface area contributed by atoms with Crippen molar-refractivity contribution in [3.8, 4) is 5.75 Å². The highest BCUT2D eigenvalue weighted by Gasteiger charge is 2.32. The molecule has 1 unspecified atom stereocenters. The molecule has 1 saturated heterocycles. The van der Waals surface area contributed by atoms with Crippen LogP contribution >= 0.6 is 46.8 Å². The van der Waals surface area contributed by atoms with Gasteiger partial charge in [0.15, 0.2) is 11.6 Å². The van der Waals surface area contributed by atoms with E-state index in [1.165, 1.54) is 33.7 Å². The van der Waals surface area contributed by atoms with Crippen LogP contribution in [0.1, 0.15) is 32.8 Å². The first-order valence-electron chi connectivity index (χ1n) is 12.5. The van der Waals surface area contributed by atoms with Crippen molar-refractivity contribution in [2.75, 3.05) is 23.1 Å². The molecule has 0 radical (unpaired) electrons. The molecule has 0 spiro atoms. The zero-order chi connectivity index (χ0) is 28.2. The number of carbonyl (C=O) groups is 4. The van der Waals surface area contributed by atoms with E-state index in [4.69, 9.17) is 0 Å². The molecule has 2 rings (SSSR count). The van der Waals surface area contributed by atoms with Gasteiger partial charge in [-0.2, -0.15) is 25.3 Å². The number of rotatable bonds is 6. The lowest BCUT2D eigenvalue weighted by Crippen LogP contribution is -2.58. The quantitative estimate of drug-likeness (QED) is 0.191. The molecule has 1 aromatic carbocycles. The molecular formula is C25H38N4O5S4. The molecule has 1 aliphatic rings. The maximum atomic E-state index is 13.6. The second kappa shape index (κ2) is 16.7. The van der Waals surface area contributed by atoms with Crippen LogP contribution in [-0.2, 0) is 25.6 Å². The van der Waals surface area contributed by atoms with Crippen molar-refractivity contribution in [3.05, 3.63) is 29.8 Å². The van der Waals surface area contributed by atoms with Gasteiger partial charge in [-0.25, -0.2) is 0 Å². The van der Waals surface area contributed by atoms with Crippen molar-refractivity contribution in [2.24, 2.45) is 5.92 Å². The summed E-state index contributed by atoms with van der Waals surface area (Å²) in [5.41, 5.74) is 0.758. The summed E-state index contributed by atoms with van der Waals surface area (Å²) in [6, 6.07) is 2.65. The lowest BCUT2D eigenvalue weighted by molar-refractivity contribution is -0.131. The number of benzene rings is 1. The molecule has 0 bridgehead atoms. The third-order valence-electron chi connectivity index (χ3n) is 6.00. The van der Waals surface area contributed by atoms with Crippen molar-refractivity contribution in [2.45, 2.75) is 63.8 Å². The number of phenolic OH excluding ortho intramolecular Hbond substituents is 1. The van der Waals surface area contributed by atoms with E-state index in [0.29, 0.717) is 12.3 Å². The number of carbonyl (C=O) groups excluding carboxylic acids is 4. The molecule has 5 N–H and O–H groups in total. The largest absolute Gasteiger partial charge is 0.508 e. The normalized spacial score (nSPS) is 27.1. The standard InChI is InChI=1S/C25H38N4O5S4/c1-14(2)8-19-24(33)29-20(10-35)22(31)12-37-38-13-26-21(11-36)25(34)28-18(23(32)15(3)27-19)9-16-4-6-17(30)7-5-16/h4-7,14-15,18-21,26-27,30,35-36H,8-13H2,1-3H3,(H,28,34)(H,29,33)/t15?,18-,19-,20-,21-/m0/s1. The minimum atomic E-state index is -0.883. The van der Waals surface area contributed by atoms with Gasteiger partial charge in [-0.05, 0) is 43.4 Å². The van der Waals surface area contributed by atoms with E-state index in [0.717, 1.165) is 5.56 Å². The number of ketones is 2. The fraction of sp³-hybridized carbons (Fsp3) is 0.600. The number of aromatic hydroxyl groups is 1. The van der Waals surface area contributed by atoms with E-state index in [-0.39, 0.29) is 58.7 Å². The van der Waals surface area contributed by atoms with E-state index in [9.17, 15) is 24.3 Å². The number of phenols is 1. The molecule has 1 aromatic rings. The van der Waals surface area contributed by atoms with Crippen molar-refractivity contribution >= 4 is 70.2 Å². The predicted octanol–water partition coefficient (Wildman–Crippen LogP) is 1.61. The minimum Gasteiger partial charge on any atom is -0.508 e. The third kappa shape index (κ3) is 10.6. The lowest BCUT2D eigenvalue weighted by atomic mass is 9.96. The van der Waals surface area contributed by atoms with Crippen molar-refractivity contribution in [1.82, 2.24) is 21.3 Å². The summed E-state index contributed by atoms with van der Waals surface area (Å²) in [5.74, 6) is -0.0369. The summed E-state index contributed by atoms with van der Waals surface area (Å²) in [6.45, 7) is 5.60. The highest BCUT2D eigenvalue weighted by Crippen LogP contribution is 2.21. The lowest BCUT2D eigenvalue weighted by Gasteiger charge is -2.28. The van der Waals surface area contributed by atoms with Crippen molar-refractivity contribution in [1.29, 1.82) is 0 Å². The maximum Gasteiger partial charge on any atom is 0.238 e. The highest BCUT2D eigenvalue weighted by molar-refractivity contribution is 8.76. The Kier molecular flexibility index (Phi) is 14.4. The average molecular weight is 603 g/mol. The summed E-state index contributed by atoms with van der Waals surface area (Å²) in [7, 11) is 2.70. The van der Waals surface area contributed by atoms with Crippen LogP contribution in [0.15, 0.2) is 24.3 Å². The van der Waals surface area contributed by atoms with Crippen molar-refractivity contribution in [3.63, 3.8) is 0 Å². The van der Waals surface area contributed by atoms with E-state index >= 15 is 0 Å². The van der Waals surface area contributed by atoms with Gasteiger partial charge in [0.1, 0.15) is 5.75 Å². The molecule has 13 heteroatoms. The second-order valence-corrected chi connectivity index (χ2v) is 12.8. The fourth-order valence-electron chi connectivity index (χ4n) is 3.89. The van der Waals surface area contributed by atoms with Crippen LogP contribution in [0.5, 0.6) is 5.75 Å². The maximum absolute atomic E-state index is 13.6. The molecule has 1 aliphatic heterocycles. The molecule has 1 fully saturated rings. The molecule has 2 amide bonds. The third-order valence-corrected chi connectivity index (χ3v) is 8.79. The van der Waals surface area contributed by atoms with Crippen LogP contribution in [0.25, 0.3) is 0 Å². The van der Waals surface area contributed by atoms with Crippen LogP contribution in [0, 0.1) is 5.92 Å². The Labute approximate surface area is 243 Å². The van der Waals surface area contributed by atoms with Gasteiger partial charge in [-0.15, -0.1) is 0 Å². The predicted molar refractivity (Wildman–Crippen MR) is 161 cm³/mol. The van der Waals surface area contributed by atoms with Crippen molar-refractivity contribution < 1.29 is 24.3 Å². The first-order valence-corrected chi connectivity index (χ1v) is 16.2. The zero-order valence-electron chi connectivity index (χ0n) is 21.8. The topological polar surface area (TPSA) is 137 Å². The fourth-order valence-corrected chi connectivity index (χ4v) is 6.28. The van der Waals surface area contributed by atoms with Gasteiger partial charge in [0.05, 0.1) is 41.8 Å². The Morgan fingerprint density at radius 2 is 1.53 bits per heavy atom. The summed E-state index contributed by atoms with van der Waals surface area (Å²) in [5, 5.41) is 21.5. The van der Waals surface area contributed by atoms with E-state index in [2.05, 4.69) is 46.5 Å². The Hall–Kier alpha value is -1.38. The van der Waals surface area contributed by atoms with Crippen LogP contribution in [0.4, 0.5) is 0 Å². The first-order chi connectivity index (χ1) is 18.0. The van der Waals surface area contributed by atoms with Gasteiger partial charge in [-0.1, -0.05) is 47.6 Å². The molecule has 5 atom stereocenters. The number of hydrogen-bond acceptors (Lipinski definition) is 11. The van der Waals surface area contributed by atoms with Gasteiger partial charge in [-0.3, -0.25) is 29.8 Å². The molecule has 1 heterocycles. The number of thiol groups is 2. The molecule has 0 aromatic heterocycles. The van der Waals surface area contributed by atoms with Gasteiger partial charge < -0.3 is 15.7 Å². The number of Topliss-reactive ketones (excluding diaryl/α,β-unsaturated/α-hetero) is 2. The number of hydrogen-bond donors (Lipinski definition) is 7. The van der Waals surface area contributed by atoms with Gasteiger partial charge in [0.2, 0.25) is 11.8 Å². The van der Waals surface area contributed by atoms with Crippen LogP contribution in [0.2, 0.25) is 0 Å². The summed E-state index contributed by atoms with van der Waals surface area (Å²) < 4.78 is 0. The van der Waals surface area contributed by atoms with E-state index < -0.39 is 30.2 Å². The molecule has 38 heavy (non-hydrogen) atoms. The Morgan fingerprint density at radius 3 is 2.13 bits per heavy atom. The van der Waals surface area contributed by atoms with E-state index in [1.807, 2.05) is 13.8 Å².